The Labute approximate surface area is 118 Å². The Morgan fingerprint density at radius 1 is 0.950 bits per heavy atom. The van der Waals surface area contributed by atoms with E-state index in [9.17, 15) is 4.79 Å². The van der Waals surface area contributed by atoms with Crippen molar-refractivity contribution in [2.75, 3.05) is 0 Å². The largest absolute Gasteiger partial charge is 0.298 e. The molecule has 0 heterocycles. The molecule has 0 saturated carbocycles. The average molecular weight is 258 g/mol. The van der Waals surface area contributed by atoms with Gasteiger partial charge in [-0.3, -0.25) is 4.79 Å². The van der Waals surface area contributed by atoms with Gasteiger partial charge in [0.2, 0.25) is 0 Å². The Hall–Kier alpha value is -2.41. The van der Waals surface area contributed by atoms with Gasteiger partial charge in [0.05, 0.1) is 0 Å². The van der Waals surface area contributed by atoms with E-state index in [1.807, 2.05) is 12.2 Å². The summed E-state index contributed by atoms with van der Waals surface area (Å²) in [6, 6.07) is 2.23. The maximum absolute atomic E-state index is 11.4. The molecule has 0 N–H and O–H groups in total. The number of aldehydes is 1. The zero-order chi connectivity index (χ0) is 13.5. The molecule has 1 nitrogen and oxygen atoms in total. The molecule has 0 fully saturated rings. The second-order valence-corrected chi connectivity index (χ2v) is 5.31. The van der Waals surface area contributed by atoms with Crippen molar-refractivity contribution in [3.8, 4) is 0 Å². The van der Waals surface area contributed by atoms with E-state index >= 15 is 0 Å². The smallest absolute Gasteiger partial charge is 0.146 e. The highest BCUT2D eigenvalue weighted by Gasteiger charge is 2.26. The molecular formula is C19H14O. The van der Waals surface area contributed by atoms with E-state index in [0.29, 0.717) is 0 Å². The molecule has 0 spiro atoms. The summed E-state index contributed by atoms with van der Waals surface area (Å²) in [6.07, 6.45) is 19.8. The first-order chi connectivity index (χ1) is 9.88. The molecule has 1 aromatic carbocycles. The van der Waals surface area contributed by atoms with E-state index in [-0.39, 0.29) is 0 Å². The van der Waals surface area contributed by atoms with Crippen molar-refractivity contribution in [1.29, 1.82) is 0 Å². The molecule has 0 bridgehead atoms. The van der Waals surface area contributed by atoms with E-state index in [1.54, 1.807) is 0 Å². The number of benzene rings is 1. The second kappa shape index (κ2) is 4.31. The molecule has 4 rings (SSSR count). The summed E-state index contributed by atoms with van der Waals surface area (Å²) in [5.74, 6) is 0. The van der Waals surface area contributed by atoms with Crippen molar-refractivity contribution < 1.29 is 4.79 Å². The van der Waals surface area contributed by atoms with Crippen LogP contribution in [0.3, 0.4) is 0 Å². The SMILES string of the molecule is O=CC1=C2C=CC=Cc3cc4c(c(c32)C1)C=CCC=C4. The van der Waals surface area contributed by atoms with Crippen LogP contribution in [0, 0.1) is 0 Å². The summed E-state index contributed by atoms with van der Waals surface area (Å²) >= 11 is 0. The summed E-state index contributed by atoms with van der Waals surface area (Å²) in [5, 5.41) is 0. The molecule has 0 amide bonds. The molecule has 0 aliphatic heterocycles. The van der Waals surface area contributed by atoms with Crippen LogP contribution in [0.2, 0.25) is 0 Å². The lowest BCUT2D eigenvalue weighted by Gasteiger charge is -2.13. The lowest BCUT2D eigenvalue weighted by molar-refractivity contribution is -0.104. The molecule has 0 unspecified atom stereocenters. The van der Waals surface area contributed by atoms with E-state index in [0.717, 1.165) is 30.3 Å². The number of allylic oxidation sites excluding steroid dienone is 7. The Kier molecular flexibility index (Phi) is 2.46. The fourth-order valence-corrected chi connectivity index (χ4v) is 3.28. The molecule has 0 aromatic heterocycles. The van der Waals surface area contributed by atoms with Crippen molar-refractivity contribution in [3.05, 3.63) is 69.8 Å². The lowest BCUT2D eigenvalue weighted by Crippen LogP contribution is -1.96. The van der Waals surface area contributed by atoms with Crippen molar-refractivity contribution in [2.24, 2.45) is 0 Å². The first kappa shape index (κ1) is 11.4. The van der Waals surface area contributed by atoms with E-state index in [4.69, 9.17) is 0 Å². The molecule has 0 atom stereocenters. The van der Waals surface area contributed by atoms with Gasteiger partial charge >= 0.3 is 0 Å². The maximum Gasteiger partial charge on any atom is 0.146 e. The monoisotopic (exact) mass is 258 g/mol. The van der Waals surface area contributed by atoms with Crippen molar-refractivity contribution in [1.82, 2.24) is 0 Å². The molecule has 3 aliphatic carbocycles. The Morgan fingerprint density at radius 2 is 1.80 bits per heavy atom. The molecule has 1 aromatic rings. The standard InChI is InChI=1S/C19H14O/c20-12-15-11-18-16-8-3-1-2-6-13(16)10-14-7-4-5-9-17(15)19(14)18/h2-10,12H,1,11H2. The first-order valence-corrected chi connectivity index (χ1v) is 6.95. The molecule has 0 saturated heterocycles. The van der Waals surface area contributed by atoms with E-state index < -0.39 is 0 Å². The van der Waals surface area contributed by atoms with Gasteiger partial charge in [-0.1, -0.05) is 48.6 Å². The van der Waals surface area contributed by atoms with Crippen molar-refractivity contribution in [3.63, 3.8) is 0 Å². The van der Waals surface area contributed by atoms with Gasteiger partial charge < -0.3 is 0 Å². The third-order valence-electron chi connectivity index (χ3n) is 4.17. The van der Waals surface area contributed by atoms with Gasteiger partial charge in [0.15, 0.2) is 0 Å². The fourth-order valence-electron chi connectivity index (χ4n) is 3.28. The number of hydrogen-bond donors (Lipinski definition) is 0. The predicted octanol–water partition coefficient (Wildman–Crippen LogP) is 4.21. The average Bonchev–Trinajstić information content (AvgIpc) is 2.63. The molecule has 0 radical (unpaired) electrons. The van der Waals surface area contributed by atoms with Crippen LogP contribution in [0.25, 0.3) is 23.8 Å². The maximum atomic E-state index is 11.4. The van der Waals surface area contributed by atoms with Gasteiger partial charge in [0.25, 0.3) is 0 Å². The summed E-state index contributed by atoms with van der Waals surface area (Å²) in [5.41, 5.74) is 8.29. The summed E-state index contributed by atoms with van der Waals surface area (Å²) in [6.45, 7) is 0. The number of fused-ring (bicyclic) bond motifs is 2. The van der Waals surface area contributed by atoms with Gasteiger partial charge in [-0.05, 0) is 45.9 Å². The van der Waals surface area contributed by atoms with Gasteiger partial charge in [-0.2, -0.15) is 0 Å². The van der Waals surface area contributed by atoms with Gasteiger partial charge in [-0.15, -0.1) is 0 Å². The number of carbonyl (C=O) groups excluding carboxylic acids is 1. The molecule has 1 heteroatoms. The minimum atomic E-state index is 0.751. The number of carbonyl (C=O) groups is 1. The highest BCUT2D eigenvalue weighted by atomic mass is 16.1. The Morgan fingerprint density at radius 3 is 2.70 bits per heavy atom. The lowest BCUT2D eigenvalue weighted by atomic mass is 9.91. The highest BCUT2D eigenvalue weighted by molar-refractivity contribution is 6.01. The topological polar surface area (TPSA) is 17.1 Å². The highest BCUT2D eigenvalue weighted by Crippen LogP contribution is 2.41. The fraction of sp³-hybridized carbons (Fsp3) is 0.105. The zero-order valence-electron chi connectivity index (χ0n) is 11.1. The predicted molar refractivity (Wildman–Crippen MR) is 84.0 cm³/mol. The minimum Gasteiger partial charge on any atom is -0.298 e. The van der Waals surface area contributed by atoms with Crippen LogP contribution >= 0.6 is 0 Å². The van der Waals surface area contributed by atoms with Crippen LogP contribution in [0.4, 0.5) is 0 Å². The van der Waals surface area contributed by atoms with Crippen LogP contribution in [-0.4, -0.2) is 6.29 Å². The number of rotatable bonds is 1. The molecule has 20 heavy (non-hydrogen) atoms. The van der Waals surface area contributed by atoms with E-state index in [1.165, 1.54) is 27.8 Å². The summed E-state index contributed by atoms with van der Waals surface area (Å²) < 4.78 is 0. The summed E-state index contributed by atoms with van der Waals surface area (Å²) in [4.78, 5) is 11.4. The normalized spacial score (nSPS) is 17.8. The van der Waals surface area contributed by atoms with Gasteiger partial charge in [0, 0.05) is 12.0 Å². The van der Waals surface area contributed by atoms with E-state index in [2.05, 4.69) is 42.5 Å². The van der Waals surface area contributed by atoms with Gasteiger partial charge in [0.1, 0.15) is 6.29 Å². The number of hydrogen-bond acceptors (Lipinski definition) is 1. The third-order valence-corrected chi connectivity index (χ3v) is 4.17. The summed E-state index contributed by atoms with van der Waals surface area (Å²) in [7, 11) is 0. The minimum absolute atomic E-state index is 0.751. The first-order valence-electron chi connectivity index (χ1n) is 6.95. The van der Waals surface area contributed by atoms with Crippen LogP contribution in [-0.2, 0) is 11.2 Å². The van der Waals surface area contributed by atoms with Crippen LogP contribution < -0.4 is 0 Å². The molecule has 96 valence electrons. The van der Waals surface area contributed by atoms with Gasteiger partial charge in [-0.25, -0.2) is 0 Å². The quantitative estimate of drug-likeness (QED) is 0.690. The van der Waals surface area contributed by atoms with Crippen LogP contribution in [0.1, 0.15) is 34.2 Å². The van der Waals surface area contributed by atoms with Crippen molar-refractivity contribution in [2.45, 2.75) is 12.8 Å². The van der Waals surface area contributed by atoms with Crippen LogP contribution in [0.15, 0.2) is 42.0 Å². The molecule has 3 aliphatic rings. The Bertz CT molecular complexity index is 767. The second-order valence-electron chi connectivity index (χ2n) is 5.31. The van der Waals surface area contributed by atoms with Crippen molar-refractivity contribution >= 4 is 30.1 Å². The third kappa shape index (κ3) is 1.53. The Balaban J connectivity index is 2.08. The zero-order valence-corrected chi connectivity index (χ0v) is 11.1. The molecular weight excluding hydrogens is 244 g/mol. The van der Waals surface area contributed by atoms with Crippen LogP contribution in [0.5, 0.6) is 0 Å².